The van der Waals surface area contributed by atoms with E-state index in [1.165, 1.54) is 29.3 Å². The number of amides is 1. The van der Waals surface area contributed by atoms with E-state index in [4.69, 9.17) is 4.74 Å². The molecule has 0 atom stereocenters. The number of hydrogen-bond donors (Lipinski definition) is 0. The minimum Gasteiger partial charge on any atom is -0.490 e. The second kappa shape index (κ2) is 12.3. The monoisotopic (exact) mass is 472 g/mol. The maximum atomic E-state index is 13.3. The van der Waals surface area contributed by atoms with Gasteiger partial charge in [-0.25, -0.2) is 4.39 Å². The number of carbonyl (C=O) groups excluding carboxylic acids is 1. The van der Waals surface area contributed by atoms with Crippen LogP contribution in [-0.2, 0) is 17.8 Å². The van der Waals surface area contributed by atoms with Gasteiger partial charge in [0.05, 0.1) is 0 Å². The number of likely N-dealkylation sites (tertiary alicyclic amines) is 1. The van der Waals surface area contributed by atoms with Crippen LogP contribution in [0.2, 0.25) is 0 Å². The van der Waals surface area contributed by atoms with Crippen LogP contribution in [0.25, 0.3) is 6.08 Å². The first-order valence-electron chi connectivity index (χ1n) is 12.3. The zero-order chi connectivity index (χ0) is 24.5. The van der Waals surface area contributed by atoms with Gasteiger partial charge in [0.25, 0.3) is 0 Å². The van der Waals surface area contributed by atoms with Crippen molar-refractivity contribution in [1.82, 2.24) is 9.80 Å². The minimum absolute atomic E-state index is 0.0479. The number of rotatable bonds is 9. The van der Waals surface area contributed by atoms with E-state index in [-0.39, 0.29) is 17.8 Å². The van der Waals surface area contributed by atoms with Gasteiger partial charge in [-0.2, -0.15) is 0 Å². The smallest absolute Gasteiger partial charge is 0.246 e. The predicted octanol–water partition coefficient (Wildman–Crippen LogP) is 5.58. The van der Waals surface area contributed by atoms with Crippen molar-refractivity contribution in [3.63, 3.8) is 0 Å². The summed E-state index contributed by atoms with van der Waals surface area (Å²) in [6.45, 7) is 3.17. The molecule has 0 bridgehead atoms. The van der Waals surface area contributed by atoms with Crippen molar-refractivity contribution in [2.75, 3.05) is 26.7 Å². The molecule has 0 saturated carbocycles. The van der Waals surface area contributed by atoms with Crippen molar-refractivity contribution >= 4 is 12.0 Å². The van der Waals surface area contributed by atoms with Crippen LogP contribution in [0.3, 0.4) is 0 Å². The van der Waals surface area contributed by atoms with Gasteiger partial charge in [0.15, 0.2) is 0 Å². The number of hydrogen-bond acceptors (Lipinski definition) is 3. The van der Waals surface area contributed by atoms with Crippen LogP contribution in [-0.4, -0.2) is 48.5 Å². The molecule has 1 saturated heterocycles. The number of ether oxygens (including phenoxy) is 1. The van der Waals surface area contributed by atoms with Gasteiger partial charge in [-0.3, -0.25) is 4.79 Å². The molecule has 3 aromatic rings. The number of carbonyl (C=O) groups is 1. The van der Waals surface area contributed by atoms with E-state index in [2.05, 4.69) is 48.3 Å². The Hall–Kier alpha value is -3.44. The molecule has 0 N–H and O–H groups in total. The van der Waals surface area contributed by atoms with Gasteiger partial charge in [-0.1, -0.05) is 54.6 Å². The van der Waals surface area contributed by atoms with Gasteiger partial charge >= 0.3 is 0 Å². The fourth-order valence-electron chi connectivity index (χ4n) is 4.34. The first-order chi connectivity index (χ1) is 17.0. The highest BCUT2D eigenvalue weighted by Crippen LogP contribution is 2.21. The molecule has 5 heteroatoms. The van der Waals surface area contributed by atoms with Crippen LogP contribution >= 0.6 is 0 Å². The maximum Gasteiger partial charge on any atom is 0.246 e. The third kappa shape index (κ3) is 7.79. The van der Waals surface area contributed by atoms with Gasteiger partial charge in [0, 0.05) is 45.1 Å². The van der Waals surface area contributed by atoms with Crippen molar-refractivity contribution in [1.29, 1.82) is 0 Å². The van der Waals surface area contributed by atoms with Crippen molar-refractivity contribution in [3.8, 4) is 5.75 Å². The first kappa shape index (κ1) is 24.7. The fraction of sp³-hybridized carbons (Fsp3) is 0.300. The van der Waals surface area contributed by atoms with E-state index in [1.54, 1.807) is 18.2 Å². The lowest BCUT2D eigenvalue weighted by Crippen LogP contribution is -2.41. The normalized spacial score (nSPS) is 14.5. The summed E-state index contributed by atoms with van der Waals surface area (Å²) in [5, 5.41) is 0. The second-order valence-corrected chi connectivity index (χ2v) is 9.15. The van der Waals surface area contributed by atoms with Crippen molar-refractivity contribution in [3.05, 3.63) is 107 Å². The van der Waals surface area contributed by atoms with Crippen LogP contribution in [0.1, 0.15) is 29.5 Å². The van der Waals surface area contributed by atoms with Crippen LogP contribution in [0.5, 0.6) is 5.75 Å². The maximum absolute atomic E-state index is 13.3. The molecule has 1 amide bonds. The largest absolute Gasteiger partial charge is 0.490 e. The van der Waals surface area contributed by atoms with E-state index in [1.807, 2.05) is 23.1 Å². The summed E-state index contributed by atoms with van der Waals surface area (Å²) in [7, 11) is 2.14. The molecular formula is C30H33FN2O2. The average molecular weight is 473 g/mol. The quantitative estimate of drug-likeness (QED) is 0.381. The predicted molar refractivity (Wildman–Crippen MR) is 139 cm³/mol. The lowest BCUT2D eigenvalue weighted by Gasteiger charge is -2.31. The Morgan fingerprint density at radius 3 is 2.51 bits per heavy atom. The highest BCUT2D eigenvalue weighted by atomic mass is 19.1. The second-order valence-electron chi connectivity index (χ2n) is 9.15. The Morgan fingerprint density at radius 2 is 1.74 bits per heavy atom. The van der Waals surface area contributed by atoms with Crippen molar-refractivity contribution in [2.45, 2.75) is 31.9 Å². The Balaban J connectivity index is 1.22. The summed E-state index contributed by atoms with van der Waals surface area (Å²) in [5.41, 5.74) is 3.26. The number of piperidine rings is 1. The Labute approximate surface area is 207 Å². The molecule has 0 unspecified atom stereocenters. The molecule has 1 aliphatic rings. The average Bonchev–Trinajstić information content (AvgIpc) is 2.87. The van der Waals surface area contributed by atoms with E-state index in [9.17, 15) is 9.18 Å². The van der Waals surface area contributed by atoms with Crippen LogP contribution in [0.15, 0.2) is 84.9 Å². The number of likely N-dealkylation sites (N-methyl/N-ethyl adjacent to an activating group) is 1. The summed E-state index contributed by atoms with van der Waals surface area (Å²) >= 11 is 0. The van der Waals surface area contributed by atoms with Crippen LogP contribution < -0.4 is 4.74 Å². The third-order valence-corrected chi connectivity index (χ3v) is 6.30. The molecule has 0 spiro atoms. The van der Waals surface area contributed by atoms with Crippen LogP contribution in [0, 0.1) is 5.82 Å². The minimum atomic E-state index is -0.305. The van der Waals surface area contributed by atoms with Crippen molar-refractivity contribution in [2.24, 2.45) is 0 Å². The third-order valence-electron chi connectivity index (χ3n) is 6.30. The van der Waals surface area contributed by atoms with E-state index < -0.39 is 0 Å². The zero-order valence-corrected chi connectivity index (χ0v) is 20.3. The Kier molecular flexibility index (Phi) is 8.68. The number of halogens is 1. The molecule has 35 heavy (non-hydrogen) atoms. The zero-order valence-electron chi connectivity index (χ0n) is 20.3. The molecule has 0 aromatic heterocycles. The molecule has 1 heterocycles. The van der Waals surface area contributed by atoms with Gasteiger partial charge in [-0.05, 0) is 60.5 Å². The summed E-state index contributed by atoms with van der Waals surface area (Å²) < 4.78 is 19.6. The van der Waals surface area contributed by atoms with E-state index in [0.29, 0.717) is 18.7 Å². The van der Waals surface area contributed by atoms with Gasteiger partial charge in [-0.15, -0.1) is 0 Å². The molecule has 4 nitrogen and oxygen atoms in total. The topological polar surface area (TPSA) is 32.8 Å². The summed E-state index contributed by atoms with van der Waals surface area (Å²) in [6, 6.07) is 25.1. The van der Waals surface area contributed by atoms with Crippen LogP contribution in [0.4, 0.5) is 4.39 Å². The standard InChI is InChI=1S/C30H33FN2O2/c1-32(18-15-24-7-3-2-4-8-24)23-26-10-6-12-29(22-26)35-28-16-19-33(20-17-28)30(34)14-13-25-9-5-11-27(31)21-25/h2-14,21-22,28H,15-20,23H2,1H3/b14-13+. The Bertz CT molecular complexity index is 1120. The SMILES string of the molecule is CN(CCc1ccccc1)Cc1cccc(OC2CCN(C(=O)/C=C/c3cccc(F)c3)CC2)c1. The molecule has 3 aromatic carbocycles. The first-order valence-corrected chi connectivity index (χ1v) is 12.3. The molecule has 182 valence electrons. The summed E-state index contributed by atoms with van der Waals surface area (Å²) in [4.78, 5) is 16.7. The highest BCUT2D eigenvalue weighted by Gasteiger charge is 2.23. The van der Waals surface area contributed by atoms with E-state index >= 15 is 0 Å². The highest BCUT2D eigenvalue weighted by molar-refractivity contribution is 5.91. The fourth-order valence-corrected chi connectivity index (χ4v) is 4.34. The number of benzene rings is 3. The molecule has 1 fully saturated rings. The molecular weight excluding hydrogens is 439 g/mol. The lowest BCUT2D eigenvalue weighted by molar-refractivity contribution is -0.127. The van der Waals surface area contributed by atoms with Gasteiger partial charge in [0.1, 0.15) is 17.7 Å². The Morgan fingerprint density at radius 1 is 1.00 bits per heavy atom. The van der Waals surface area contributed by atoms with Gasteiger partial charge < -0.3 is 14.5 Å². The lowest BCUT2D eigenvalue weighted by atomic mass is 10.1. The summed E-state index contributed by atoms with van der Waals surface area (Å²) in [5.74, 6) is 0.531. The number of nitrogens with zero attached hydrogens (tertiary/aromatic N) is 2. The van der Waals surface area contributed by atoms with Crippen molar-refractivity contribution < 1.29 is 13.9 Å². The molecule has 1 aliphatic heterocycles. The molecule has 0 radical (unpaired) electrons. The molecule has 0 aliphatic carbocycles. The summed E-state index contributed by atoms with van der Waals surface area (Å²) in [6.07, 6.45) is 5.89. The van der Waals surface area contributed by atoms with Gasteiger partial charge in [0.2, 0.25) is 5.91 Å². The van der Waals surface area contributed by atoms with E-state index in [0.717, 1.165) is 38.1 Å². The molecule has 4 rings (SSSR count).